The molecule has 0 radical (unpaired) electrons. The lowest BCUT2D eigenvalue weighted by molar-refractivity contribution is -0.111. The number of carbonyl (C=O) groups is 2. The molecule has 0 unspecified atom stereocenters. The molecule has 0 aliphatic heterocycles. The highest BCUT2D eigenvalue weighted by Gasteiger charge is 2.10. The van der Waals surface area contributed by atoms with Crippen LogP contribution in [0.4, 0.5) is 5.69 Å². The number of H-pyrrole nitrogens is 1. The Morgan fingerprint density at radius 2 is 2.03 bits per heavy atom. The van der Waals surface area contributed by atoms with Crippen LogP contribution in [0, 0.1) is 0 Å². The predicted molar refractivity (Wildman–Crippen MR) is 105 cm³/mol. The van der Waals surface area contributed by atoms with Crippen molar-refractivity contribution >= 4 is 23.6 Å². The highest BCUT2D eigenvalue weighted by atomic mass is 16.5. The maximum Gasteiger partial charge on any atom is 0.337 e. The Bertz CT molecular complexity index is 1030. The first kappa shape index (κ1) is 19.6. The zero-order chi connectivity index (χ0) is 20.6. The van der Waals surface area contributed by atoms with E-state index in [9.17, 15) is 14.7 Å². The van der Waals surface area contributed by atoms with Crippen molar-refractivity contribution in [1.29, 1.82) is 0 Å². The van der Waals surface area contributed by atoms with Gasteiger partial charge in [-0.1, -0.05) is 18.2 Å². The van der Waals surface area contributed by atoms with Crippen LogP contribution in [0.2, 0.25) is 0 Å². The van der Waals surface area contributed by atoms with Gasteiger partial charge in [0, 0.05) is 6.08 Å². The lowest BCUT2D eigenvalue weighted by Gasteiger charge is -2.10. The summed E-state index contributed by atoms with van der Waals surface area (Å²) in [6, 6.07) is 11.4. The Hall–Kier alpha value is -4.14. The summed E-state index contributed by atoms with van der Waals surface area (Å²) in [7, 11) is 1.52. The van der Waals surface area contributed by atoms with Crippen molar-refractivity contribution in [2.24, 2.45) is 0 Å². The summed E-state index contributed by atoms with van der Waals surface area (Å²) >= 11 is 0. The molecule has 0 bridgehead atoms. The summed E-state index contributed by atoms with van der Waals surface area (Å²) in [4.78, 5) is 23.4. The number of carboxylic acid groups (broad SMARTS) is 1. The Kier molecular flexibility index (Phi) is 6.21. The predicted octanol–water partition coefficient (Wildman–Crippen LogP) is 2.74. The van der Waals surface area contributed by atoms with Gasteiger partial charge in [-0.05, 0) is 35.9 Å². The molecule has 0 aliphatic carbocycles. The van der Waals surface area contributed by atoms with Gasteiger partial charge < -0.3 is 19.9 Å². The number of hydrogen-bond acceptors (Lipinski definition) is 6. The number of rotatable bonds is 8. The van der Waals surface area contributed by atoms with Crippen molar-refractivity contribution in [2.45, 2.75) is 6.61 Å². The third kappa shape index (κ3) is 5.19. The molecule has 0 fully saturated rings. The molecule has 0 spiro atoms. The van der Waals surface area contributed by atoms with Crippen LogP contribution in [0.1, 0.15) is 21.6 Å². The quantitative estimate of drug-likeness (QED) is 0.501. The number of ether oxygens (including phenoxy) is 2. The third-order valence-corrected chi connectivity index (χ3v) is 3.87. The van der Waals surface area contributed by atoms with E-state index in [4.69, 9.17) is 9.47 Å². The van der Waals surface area contributed by atoms with Crippen LogP contribution in [0.25, 0.3) is 6.08 Å². The topological polar surface area (TPSA) is 126 Å². The van der Waals surface area contributed by atoms with Gasteiger partial charge in [0.1, 0.15) is 12.3 Å². The van der Waals surface area contributed by atoms with Crippen molar-refractivity contribution in [1.82, 2.24) is 15.4 Å². The van der Waals surface area contributed by atoms with Crippen LogP contribution in [0.3, 0.4) is 0 Å². The molecule has 1 aromatic heterocycles. The normalized spacial score (nSPS) is 10.7. The molecule has 148 valence electrons. The van der Waals surface area contributed by atoms with Gasteiger partial charge in [-0.3, -0.25) is 4.79 Å². The van der Waals surface area contributed by atoms with E-state index in [-0.39, 0.29) is 17.9 Å². The largest absolute Gasteiger partial charge is 0.493 e. The van der Waals surface area contributed by atoms with E-state index >= 15 is 0 Å². The highest BCUT2D eigenvalue weighted by molar-refractivity contribution is 6.06. The van der Waals surface area contributed by atoms with Gasteiger partial charge in [0.15, 0.2) is 11.5 Å². The van der Waals surface area contributed by atoms with E-state index in [1.807, 2.05) is 0 Å². The number of aromatic amines is 1. The van der Waals surface area contributed by atoms with Gasteiger partial charge in [0.2, 0.25) is 5.91 Å². The monoisotopic (exact) mass is 394 g/mol. The number of aromatic nitrogens is 3. The summed E-state index contributed by atoms with van der Waals surface area (Å²) in [6.45, 7) is 0.230. The lowest BCUT2D eigenvalue weighted by atomic mass is 10.1. The minimum Gasteiger partial charge on any atom is -0.493 e. The Labute approximate surface area is 166 Å². The second-order valence-electron chi connectivity index (χ2n) is 5.83. The van der Waals surface area contributed by atoms with Crippen molar-refractivity contribution in [3.8, 4) is 11.5 Å². The number of amides is 1. The number of carbonyl (C=O) groups excluding carboxylic acids is 1. The molecule has 9 heteroatoms. The number of hydrogen-bond donors (Lipinski definition) is 3. The average Bonchev–Trinajstić information content (AvgIpc) is 3.25. The van der Waals surface area contributed by atoms with Gasteiger partial charge in [-0.25, -0.2) is 4.79 Å². The summed E-state index contributed by atoms with van der Waals surface area (Å²) in [5.74, 6) is -0.556. The highest BCUT2D eigenvalue weighted by Crippen LogP contribution is 2.29. The standard InChI is InChI=1S/C20H18N4O5/c1-28-18-10-13(6-8-17(18)29-12-14-11-21-24-23-14)7-9-19(25)22-16-5-3-2-4-15(16)20(26)27/h2-11H,12H2,1H3,(H,22,25)(H,26,27)(H,21,23,24)/b9-7+. The molecule has 0 aliphatic rings. The van der Waals surface area contributed by atoms with E-state index in [1.54, 1.807) is 42.6 Å². The van der Waals surface area contributed by atoms with E-state index in [0.29, 0.717) is 22.8 Å². The average molecular weight is 394 g/mol. The minimum absolute atomic E-state index is 0.0181. The SMILES string of the molecule is COc1cc(/C=C/C(=O)Nc2ccccc2C(=O)O)ccc1OCc1cn[nH]n1. The summed E-state index contributed by atoms with van der Waals surface area (Å²) in [5.41, 5.74) is 1.60. The zero-order valence-corrected chi connectivity index (χ0v) is 15.5. The number of anilines is 1. The molecule has 9 nitrogen and oxygen atoms in total. The first-order valence-electron chi connectivity index (χ1n) is 8.53. The molecule has 2 aromatic carbocycles. The Morgan fingerprint density at radius 1 is 1.21 bits per heavy atom. The molecule has 3 N–H and O–H groups in total. The molecule has 1 heterocycles. The molecule has 0 saturated heterocycles. The summed E-state index contributed by atoms with van der Waals surface area (Å²) in [5, 5.41) is 21.9. The van der Waals surface area contributed by atoms with Gasteiger partial charge in [-0.2, -0.15) is 15.4 Å². The van der Waals surface area contributed by atoms with Crippen LogP contribution in [0.15, 0.2) is 54.7 Å². The second kappa shape index (κ2) is 9.18. The van der Waals surface area contributed by atoms with E-state index in [2.05, 4.69) is 20.7 Å². The molecular weight excluding hydrogens is 376 g/mol. The molecule has 1 amide bonds. The Morgan fingerprint density at radius 3 is 2.76 bits per heavy atom. The van der Waals surface area contributed by atoms with E-state index in [1.165, 1.54) is 25.3 Å². The van der Waals surface area contributed by atoms with E-state index < -0.39 is 11.9 Å². The molecular formula is C20H18N4O5. The van der Waals surface area contributed by atoms with Crippen molar-refractivity contribution in [3.63, 3.8) is 0 Å². The molecule has 3 aromatic rings. The number of para-hydroxylation sites is 1. The minimum atomic E-state index is -1.11. The number of nitrogens with one attached hydrogen (secondary N) is 2. The van der Waals surface area contributed by atoms with Gasteiger partial charge in [0.25, 0.3) is 0 Å². The van der Waals surface area contributed by atoms with Crippen molar-refractivity contribution < 1.29 is 24.2 Å². The van der Waals surface area contributed by atoms with Gasteiger partial charge >= 0.3 is 5.97 Å². The smallest absolute Gasteiger partial charge is 0.337 e. The fourth-order valence-corrected chi connectivity index (χ4v) is 2.48. The van der Waals surface area contributed by atoms with Crippen LogP contribution < -0.4 is 14.8 Å². The number of benzene rings is 2. The van der Waals surface area contributed by atoms with Crippen molar-refractivity contribution in [2.75, 3.05) is 12.4 Å². The van der Waals surface area contributed by atoms with Crippen LogP contribution in [0.5, 0.6) is 11.5 Å². The van der Waals surface area contributed by atoms with Crippen molar-refractivity contribution in [3.05, 3.63) is 71.6 Å². The number of aromatic carboxylic acids is 1. The maximum absolute atomic E-state index is 12.2. The molecule has 3 rings (SSSR count). The van der Waals surface area contributed by atoms with Gasteiger partial charge in [-0.15, -0.1) is 0 Å². The zero-order valence-electron chi connectivity index (χ0n) is 15.5. The van der Waals surface area contributed by atoms with Crippen LogP contribution in [-0.2, 0) is 11.4 Å². The van der Waals surface area contributed by atoms with Crippen LogP contribution in [-0.4, -0.2) is 39.5 Å². The fourth-order valence-electron chi connectivity index (χ4n) is 2.48. The van der Waals surface area contributed by atoms with Crippen LogP contribution >= 0.6 is 0 Å². The van der Waals surface area contributed by atoms with Gasteiger partial charge in [0.05, 0.1) is 24.6 Å². The maximum atomic E-state index is 12.2. The first-order chi connectivity index (χ1) is 14.1. The molecule has 0 saturated carbocycles. The molecule has 0 atom stereocenters. The molecule has 29 heavy (non-hydrogen) atoms. The Balaban J connectivity index is 1.67. The number of methoxy groups -OCH3 is 1. The number of nitrogens with zero attached hydrogens (tertiary/aromatic N) is 2. The number of carboxylic acids is 1. The second-order valence-corrected chi connectivity index (χ2v) is 5.83. The lowest BCUT2D eigenvalue weighted by Crippen LogP contribution is -2.11. The first-order valence-corrected chi connectivity index (χ1v) is 8.53. The van der Waals surface area contributed by atoms with E-state index in [0.717, 1.165) is 0 Å². The third-order valence-electron chi connectivity index (χ3n) is 3.87. The fraction of sp³-hybridized carbons (Fsp3) is 0.100. The summed E-state index contributed by atoms with van der Waals surface area (Å²) in [6.07, 6.45) is 4.46. The summed E-state index contributed by atoms with van der Waals surface area (Å²) < 4.78 is 11.0.